The van der Waals surface area contributed by atoms with Crippen molar-refractivity contribution < 1.29 is 0 Å². The number of aryl methyl sites for hydroxylation is 1. The van der Waals surface area contributed by atoms with Crippen LogP contribution in [0.25, 0.3) is 5.69 Å². The van der Waals surface area contributed by atoms with Gasteiger partial charge in [0.25, 0.3) is 0 Å². The van der Waals surface area contributed by atoms with E-state index in [1.807, 2.05) is 0 Å². The standard InChI is InChI=1S/C15H20N6/c1-11-4-5-12(9-15(11)21-10-16-18-19-21)17-13-6-8-20-7-2-3-14(13)20/h4-5,9-10,13-14,17H,2-3,6-8H2,1H3. The summed E-state index contributed by atoms with van der Waals surface area (Å²) in [5.41, 5.74) is 3.36. The molecule has 1 aromatic heterocycles. The van der Waals surface area contributed by atoms with Crippen LogP contribution in [0, 0.1) is 6.92 Å². The highest BCUT2D eigenvalue weighted by Gasteiger charge is 2.36. The molecule has 2 aliphatic rings. The molecule has 1 aromatic carbocycles. The molecule has 2 unspecified atom stereocenters. The lowest BCUT2D eigenvalue weighted by Gasteiger charge is -2.22. The van der Waals surface area contributed by atoms with Crippen molar-refractivity contribution in [3.05, 3.63) is 30.1 Å². The molecule has 4 rings (SSSR count). The van der Waals surface area contributed by atoms with E-state index < -0.39 is 0 Å². The van der Waals surface area contributed by atoms with Crippen LogP contribution in [0.4, 0.5) is 5.69 Å². The number of fused-ring (bicyclic) bond motifs is 1. The van der Waals surface area contributed by atoms with E-state index in [1.54, 1.807) is 11.0 Å². The van der Waals surface area contributed by atoms with Gasteiger partial charge in [0.15, 0.2) is 0 Å². The molecule has 2 saturated heterocycles. The summed E-state index contributed by atoms with van der Waals surface area (Å²) >= 11 is 0. The Morgan fingerprint density at radius 2 is 2.19 bits per heavy atom. The van der Waals surface area contributed by atoms with Gasteiger partial charge in [-0.05, 0) is 60.9 Å². The number of aromatic nitrogens is 4. The number of hydrogen-bond donors (Lipinski definition) is 1. The minimum atomic E-state index is 0.567. The van der Waals surface area contributed by atoms with Gasteiger partial charge in [-0.25, -0.2) is 4.68 Å². The highest BCUT2D eigenvalue weighted by atomic mass is 15.5. The van der Waals surface area contributed by atoms with Crippen LogP contribution in [-0.4, -0.2) is 50.3 Å². The Balaban J connectivity index is 1.57. The fourth-order valence-electron chi connectivity index (χ4n) is 3.68. The van der Waals surface area contributed by atoms with Gasteiger partial charge in [-0.3, -0.25) is 4.90 Å². The van der Waals surface area contributed by atoms with E-state index in [-0.39, 0.29) is 0 Å². The summed E-state index contributed by atoms with van der Waals surface area (Å²) in [5.74, 6) is 0. The number of hydrogen-bond acceptors (Lipinski definition) is 5. The van der Waals surface area contributed by atoms with Crippen LogP contribution >= 0.6 is 0 Å². The fraction of sp³-hybridized carbons (Fsp3) is 0.533. The van der Waals surface area contributed by atoms with Crippen LogP contribution in [-0.2, 0) is 0 Å². The molecule has 1 N–H and O–H groups in total. The molecule has 0 radical (unpaired) electrons. The van der Waals surface area contributed by atoms with E-state index in [2.05, 4.69) is 50.9 Å². The lowest BCUT2D eigenvalue weighted by Crippen LogP contribution is -2.33. The molecule has 0 amide bonds. The predicted octanol–water partition coefficient (Wildman–Crippen LogP) is 1.62. The van der Waals surface area contributed by atoms with Gasteiger partial charge in [-0.15, -0.1) is 5.10 Å². The van der Waals surface area contributed by atoms with Crippen molar-refractivity contribution >= 4 is 5.69 Å². The fourth-order valence-corrected chi connectivity index (χ4v) is 3.68. The maximum atomic E-state index is 3.99. The number of tetrazole rings is 1. The quantitative estimate of drug-likeness (QED) is 0.928. The molecule has 2 atom stereocenters. The lowest BCUT2D eigenvalue weighted by atomic mass is 10.1. The smallest absolute Gasteiger partial charge is 0.143 e. The first kappa shape index (κ1) is 12.8. The molecule has 0 spiro atoms. The molecule has 2 fully saturated rings. The van der Waals surface area contributed by atoms with E-state index in [0.29, 0.717) is 12.1 Å². The van der Waals surface area contributed by atoms with Gasteiger partial charge in [0.05, 0.1) is 5.69 Å². The monoisotopic (exact) mass is 284 g/mol. The van der Waals surface area contributed by atoms with E-state index in [1.165, 1.54) is 37.9 Å². The number of nitrogens with zero attached hydrogens (tertiary/aromatic N) is 5. The second-order valence-electron chi connectivity index (χ2n) is 6.04. The van der Waals surface area contributed by atoms with Crippen molar-refractivity contribution in [2.75, 3.05) is 18.4 Å². The molecule has 2 aromatic rings. The molecular weight excluding hydrogens is 264 g/mol. The Bertz CT molecular complexity index is 623. The van der Waals surface area contributed by atoms with Gasteiger partial charge in [0, 0.05) is 24.3 Å². The maximum Gasteiger partial charge on any atom is 0.143 e. The van der Waals surface area contributed by atoms with Gasteiger partial charge >= 0.3 is 0 Å². The van der Waals surface area contributed by atoms with Crippen molar-refractivity contribution in [3.63, 3.8) is 0 Å². The molecule has 0 aliphatic carbocycles. The Labute approximate surface area is 124 Å². The zero-order valence-corrected chi connectivity index (χ0v) is 12.2. The van der Waals surface area contributed by atoms with Crippen LogP contribution in [0.2, 0.25) is 0 Å². The number of anilines is 1. The molecular formula is C15H20N6. The molecule has 0 saturated carbocycles. The van der Waals surface area contributed by atoms with Crippen LogP contribution in [0.15, 0.2) is 24.5 Å². The van der Waals surface area contributed by atoms with Gasteiger partial charge in [-0.2, -0.15) is 0 Å². The van der Waals surface area contributed by atoms with E-state index in [4.69, 9.17) is 0 Å². The minimum Gasteiger partial charge on any atom is -0.381 e. The summed E-state index contributed by atoms with van der Waals surface area (Å²) in [5, 5.41) is 15.2. The third-order valence-corrected chi connectivity index (χ3v) is 4.76. The molecule has 0 bridgehead atoms. The average molecular weight is 284 g/mol. The second-order valence-corrected chi connectivity index (χ2v) is 6.04. The number of nitrogens with one attached hydrogen (secondary N) is 1. The zero-order chi connectivity index (χ0) is 14.2. The Morgan fingerprint density at radius 1 is 1.24 bits per heavy atom. The minimum absolute atomic E-state index is 0.567. The van der Waals surface area contributed by atoms with Crippen molar-refractivity contribution in [1.82, 2.24) is 25.1 Å². The van der Waals surface area contributed by atoms with Crippen molar-refractivity contribution in [3.8, 4) is 5.69 Å². The van der Waals surface area contributed by atoms with Crippen LogP contribution in [0.1, 0.15) is 24.8 Å². The molecule has 6 heteroatoms. The first-order chi connectivity index (χ1) is 10.3. The number of benzene rings is 1. The lowest BCUT2D eigenvalue weighted by molar-refractivity contribution is 0.318. The largest absolute Gasteiger partial charge is 0.381 e. The Morgan fingerprint density at radius 3 is 3.05 bits per heavy atom. The Kier molecular flexibility index (Phi) is 3.11. The summed E-state index contributed by atoms with van der Waals surface area (Å²) in [6.45, 7) is 4.58. The van der Waals surface area contributed by atoms with Gasteiger partial charge in [0.1, 0.15) is 6.33 Å². The summed E-state index contributed by atoms with van der Waals surface area (Å²) < 4.78 is 1.72. The SMILES string of the molecule is Cc1ccc(NC2CCN3CCCC23)cc1-n1cnnn1. The van der Waals surface area contributed by atoms with Crippen LogP contribution in [0.3, 0.4) is 0 Å². The third kappa shape index (κ3) is 2.29. The third-order valence-electron chi connectivity index (χ3n) is 4.76. The van der Waals surface area contributed by atoms with E-state index in [0.717, 1.165) is 11.4 Å². The molecule has 110 valence electrons. The van der Waals surface area contributed by atoms with E-state index in [9.17, 15) is 0 Å². The summed E-state index contributed by atoms with van der Waals surface area (Å²) in [7, 11) is 0. The topological polar surface area (TPSA) is 58.9 Å². The van der Waals surface area contributed by atoms with Crippen LogP contribution < -0.4 is 5.32 Å². The molecule has 3 heterocycles. The van der Waals surface area contributed by atoms with Crippen molar-refractivity contribution in [2.24, 2.45) is 0 Å². The van der Waals surface area contributed by atoms with Gasteiger partial charge in [0.2, 0.25) is 0 Å². The van der Waals surface area contributed by atoms with E-state index >= 15 is 0 Å². The maximum absolute atomic E-state index is 3.99. The average Bonchev–Trinajstić information content (AvgIpc) is 3.20. The summed E-state index contributed by atoms with van der Waals surface area (Å²) in [6, 6.07) is 7.70. The Hall–Kier alpha value is -1.95. The van der Waals surface area contributed by atoms with Crippen molar-refractivity contribution in [2.45, 2.75) is 38.3 Å². The van der Waals surface area contributed by atoms with Gasteiger partial charge in [-0.1, -0.05) is 6.07 Å². The molecule has 6 nitrogen and oxygen atoms in total. The molecule has 2 aliphatic heterocycles. The normalized spacial score (nSPS) is 25.2. The number of rotatable bonds is 3. The zero-order valence-electron chi connectivity index (χ0n) is 12.2. The predicted molar refractivity (Wildman–Crippen MR) is 80.5 cm³/mol. The summed E-state index contributed by atoms with van der Waals surface area (Å²) in [6.07, 6.45) is 5.54. The van der Waals surface area contributed by atoms with Crippen molar-refractivity contribution in [1.29, 1.82) is 0 Å². The van der Waals surface area contributed by atoms with Crippen LogP contribution in [0.5, 0.6) is 0 Å². The highest BCUT2D eigenvalue weighted by molar-refractivity contribution is 5.55. The van der Waals surface area contributed by atoms with Gasteiger partial charge < -0.3 is 5.32 Å². The molecule has 21 heavy (non-hydrogen) atoms. The second kappa shape index (κ2) is 5.11. The first-order valence-corrected chi connectivity index (χ1v) is 7.66. The first-order valence-electron chi connectivity index (χ1n) is 7.66. The highest BCUT2D eigenvalue weighted by Crippen LogP contribution is 2.30. The summed E-state index contributed by atoms with van der Waals surface area (Å²) in [4.78, 5) is 2.62.